The molecular weight excluding hydrogens is 306 g/mol. The molecule has 0 amide bonds. The Labute approximate surface area is 138 Å². The van der Waals surface area contributed by atoms with Crippen molar-refractivity contribution >= 4 is 23.0 Å². The maximum atomic E-state index is 11.0. The summed E-state index contributed by atoms with van der Waals surface area (Å²) in [5.74, 6) is -0.116. The molecule has 0 unspecified atom stereocenters. The molecule has 1 aromatic carbocycles. The van der Waals surface area contributed by atoms with E-state index < -0.39 is 5.97 Å². The third-order valence-electron chi connectivity index (χ3n) is 3.95. The molecule has 7 heteroatoms. The largest absolute Gasteiger partial charge is 0.478 e. The van der Waals surface area contributed by atoms with E-state index >= 15 is 0 Å². The van der Waals surface area contributed by atoms with Crippen LogP contribution in [0.5, 0.6) is 0 Å². The van der Waals surface area contributed by atoms with E-state index in [1.807, 2.05) is 35.9 Å². The van der Waals surface area contributed by atoms with Gasteiger partial charge in [-0.1, -0.05) is 24.3 Å². The van der Waals surface area contributed by atoms with Crippen molar-refractivity contribution in [2.45, 2.75) is 12.8 Å². The molecule has 0 saturated heterocycles. The topological polar surface area (TPSA) is 118 Å². The Bertz CT molecular complexity index is 928. The summed E-state index contributed by atoms with van der Waals surface area (Å²) in [6.45, 7) is 0. The minimum absolute atomic E-state index is 0.0530. The number of nitrogen functional groups attached to an aromatic ring is 1. The molecular formula is C17H17N5O2. The van der Waals surface area contributed by atoms with E-state index in [4.69, 9.17) is 16.2 Å². The molecule has 4 N–H and O–H groups in total. The standard InChI is InChI=1S/C17H17N5O2/c1-22-14(7-4-10-2-5-11(6-3-10)15(18)19)21-13-8-12(17(23)24)9-20-16(13)22/h2-3,5-6,8-9H,4,7H2,1H3,(H3,18,19)(H,23,24). The molecule has 122 valence electrons. The molecule has 0 radical (unpaired) electrons. The number of nitrogens with two attached hydrogens (primary N) is 1. The number of carboxylic acid groups (broad SMARTS) is 1. The number of carboxylic acids is 1. The molecule has 2 aromatic heterocycles. The SMILES string of the molecule is Cn1c(CCc2ccc(C(=N)N)cc2)nc2cc(C(=O)O)cnc21. The van der Waals surface area contributed by atoms with Crippen molar-refractivity contribution in [3.63, 3.8) is 0 Å². The maximum absolute atomic E-state index is 11.0. The van der Waals surface area contributed by atoms with Gasteiger partial charge in [-0.2, -0.15) is 0 Å². The number of aryl methyl sites for hydroxylation is 3. The number of fused-ring (bicyclic) bond motifs is 1. The normalized spacial score (nSPS) is 10.9. The van der Waals surface area contributed by atoms with Gasteiger partial charge in [0.2, 0.25) is 0 Å². The second kappa shape index (κ2) is 6.11. The zero-order valence-electron chi connectivity index (χ0n) is 13.2. The molecule has 0 saturated carbocycles. The number of nitrogens with zero attached hydrogens (tertiary/aromatic N) is 3. The average molecular weight is 323 g/mol. The van der Waals surface area contributed by atoms with Crippen LogP contribution in [0.2, 0.25) is 0 Å². The zero-order chi connectivity index (χ0) is 17.3. The van der Waals surface area contributed by atoms with Gasteiger partial charge in [-0.05, 0) is 18.1 Å². The van der Waals surface area contributed by atoms with Crippen molar-refractivity contribution in [3.8, 4) is 0 Å². The highest BCUT2D eigenvalue weighted by Gasteiger charge is 2.12. The van der Waals surface area contributed by atoms with Gasteiger partial charge >= 0.3 is 5.97 Å². The van der Waals surface area contributed by atoms with Gasteiger partial charge in [-0.15, -0.1) is 0 Å². The van der Waals surface area contributed by atoms with Gasteiger partial charge in [0.15, 0.2) is 5.65 Å². The second-order valence-electron chi connectivity index (χ2n) is 5.57. The van der Waals surface area contributed by atoms with E-state index in [1.165, 1.54) is 12.3 Å². The summed E-state index contributed by atoms with van der Waals surface area (Å²) in [5.41, 5.74) is 8.65. The number of pyridine rings is 1. The van der Waals surface area contributed by atoms with Crippen LogP contribution in [0.15, 0.2) is 36.5 Å². The quantitative estimate of drug-likeness (QED) is 0.488. The van der Waals surface area contributed by atoms with Gasteiger partial charge in [-0.25, -0.2) is 14.8 Å². The van der Waals surface area contributed by atoms with Crippen LogP contribution < -0.4 is 5.73 Å². The molecule has 0 fully saturated rings. The van der Waals surface area contributed by atoms with Crippen molar-refractivity contribution in [1.29, 1.82) is 5.41 Å². The van der Waals surface area contributed by atoms with Crippen LogP contribution in [0.1, 0.15) is 27.3 Å². The Hall–Kier alpha value is -3.22. The molecule has 0 bridgehead atoms. The lowest BCUT2D eigenvalue weighted by Gasteiger charge is -2.04. The molecule has 0 aliphatic heterocycles. The lowest BCUT2D eigenvalue weighted by molar-refractivity contribution is 0.0696. The summed E-state index contributed by atoms with van der Waals surface area (Å²) in [4.78, 5) is 19.7. The van der Waals surface area contributed by atoms with E-state index in [9.17, 15) is 4.79 Å². The van der Waals surface area contributed by atoms with Crippen molar-refractivity contribution < 1.29 is 9.90 Å². The van der Waals surface area contributed by atoms with Crippen LogP contribution in [0.3, 0.4) is 0 Å². The van der Waals surface area contributed by atoms with Crippen LogP contribution in [0.4, 0.5) is 0 Å². The summed E-state index contributed by atoms with van der Waals surface area (Å²) in [6, 6.07) is 9.08. The number of rotatable bonds is 5. The van der Waals surface area contributed by atoms with Crippen molar-refractivity contribution in [1.82, 2.24) is 14.5 Å². The number of benzene rings is 1. The first-order valence-electron chi connectivity index (χ1n) is 7.43. The lowest BCUT2D eigenvalue weighted by atomic mass is 10.1. The van der Waals surface area contributed by atoms with Crippen LogP contribution in [0.25, 0.3) is 11.2 Å². The third kappa shape index (κ3) is 2.96. The van der Waals surface area contributed by atoms with E-state index in [-0.39, 0.29) is 11.4 Å². The molecule has 0 aliphatic rings. The molecule has 3 rings (SSSR count). The molecule has 2 heterocycles. The van der Waals surface area contributed by atoms with Gasteiger partial charge in [0.25, 0.3) is 0 Å². The Morgan fingerprint density at radius 3 is 2.58 bits per heavy atom. The van der Waals surface area contributed by atoms with Crippen LogP contribution >= 0.6 is 0 Å². The van der Waals surface area contributed by atoms with Crippen molar-refractivity contribution in [3.05, 3.63) is 59.0 Å². The van der Waals surface area contributed by atoms with E-state index in [1.54, 1.807) is 0 Å². The molecule has 7 nitrogen and oxygen atoms in total. The smallest absolute Gasteiger partial charge is 0.337 e. The molecule has 0 atom stereocenters. The van der Waals surface area contributed by atoms with Crippen LogP contribution in [0, 0.1) is 5.41 Å². The summed E-state index contributed by atoms with van der Waals surface area (Å²) in [6.07, 6.45) is 2.83. The van der Waals surface area contributed by atoms with E-state index in [0.717, 1.165) is 17.8 Å². The number of nitrogens with one attached hydrogen (secondary N) is 1. The lowest BCUT2D eigenvalue weighted by Crippen LogP contribution is -2.10. The number of imidazole rings is 1. The number of aromatic carboxylic acids is 1. The fourth-order valence-electron chi connectivity index (χ4n) is 2.57. The van der Waals surface area contributed by atoms with E-state index in [2.05, 4.69) is 9.97 Å². The minimum Gasteiger partial charge on any atom is -0.478 e. The first kappa shape index (κ1) is 15.7. The Kier molecular flexibility index (Phi) is 3.99. The van der Waals surface area contributed by atoms with Crippen molar-refractivity contribution in [2.75, 3.05) is 0 Å². The Balaban J connectivity index is 1.81. The Morgan fingerprint density at radius 1 is 1.25 bits per heavy atom. The number of aromatic nitrogens is 3. The highest BCUT2D eigenvalue weighted by Crippen LogP contribution is 2.16. The van der Waals surface area contributed by atoms with Gasteiger partial charge in [-0.3, -0.25) is 5.41 Å². The number of hydrogen-bond acceptors (Lipinski definition) is 4. The predicted octanol–water partition coefficient (Wildman–Crippen LogP) is 1.74. The van der Waals surface area contributed by atoms with Gasteiger partial charge in [0, 0.05) is 25.2 Å². The number of carbonyl (C=O) groups is 1. The van der Waals surface area contributed by atoms with Gasteiger partial charge < -0.3 is 15.4 Å². The molecule has 3 aromatic rings. The zero-order valence-corrected chi connectivity index (χ0v) is 13.2. The molecule has 0 spiro atoms. The highest BCUT2D eigenvalue weighted by molar-refractivity contribution is 5.94. The maximum Gasteiger partial charge on any atom is 0.337 e. The van der Waals surface area contributed by atoms with Crippen LogP contribution in [-0.4, -0.2) is 31.4 Å². The molecule has 24 heavy (non-hydrogen) atoms. The number of amidine groups is 1. The fraction of sp³-hybridized carbons (Fsp3) is 0.176. The second-order valence-corrected chi connectivity index (χ2v) is 5.57. The minimum atomic E-state index is -1.01. The van der Waals surface area contributed by atoms with Crippen molar-refractivity contribution in [2.24, 2.45) is 12.8 Å². The van der Waals surface area contributed by atoms with Gasteiger partial charge in [0.05, 0.1) is 5.56 Å². The third-order valence-corrected chi connectivity index (χ3v) is 3.95. The van der Waals surface area contributed by atoms with Gasteiger partial charge in [0.1, 0.15) is 17.2 Å². The monoisotopic (exact) mass is 323 g/mol. The Morgan fingerprint density at radius 2 is 1.96 bits per heavy atom. The first-order valence-corrected chi connectivity index (χ1v) is 7.43. The average Bonchev–Trinajstić information content (AvgIpc) is 2.89. The predicted molar refractivity (Wildman–Crippen MR) is 90.3 cm³/mol. The van der Waals surface area contributed by atoms with E-state index in [0.29, 0.717) is 23.1 Å². The first-order chi connectivity index (χ1) is 11.5. The summed E-state index contributed by atoms with van der Waals surface area (Å²) in [7, 11) is 1.87. The van der Waals surface area contributed by atoms with Crippen LogP contribution in [-0.2, 0) is 19.9 Å². The highest BCUT2D eigenvalue weighted by atomic mass is 16.4. The fourth-order valence-corrected chi connectivity index (χ4v) is 2.57. The summed E-state index contributed by atoms with van der Waals surface area (Å²) < 4.78 is 1.88. The summed E-state index contributed by atoms with van der Waals surface area (Å²) >= 11 is 0. The summed E-state index contributed by atoms with van der Waals surface area (Å²) in [5, 5.41) is 16.4. The number of hydrogen-bond donors (Lipinski definition) is 3. The molecule has 0 aliphatic carbocycles.